The molecule has 17 heavy (non-hydrogen) atoms. The van der Waals surface area contributed by atoms with Gasteiger partial charge in [0.05, 0.1) is 12.2 Å². The van der Waals surface area contributed by atoms with Gasteiger partial charge in [0.15, 0.2) is 0 Å². The second kappa shape index (κ2) is 6.80. The highest BCUT2D eigenvalue weighted by Gasteiger charge is 2.06. The quantitative estimate of drug-likeness (QED) is 0.712. The Morgan fingerprint density at radius 2 is 2.06 bits per heavy atom. The van der Waals surface area contributed by atoms with Crippen LogP contribution in [0.3, 0.4) is 0 Å². The van der Waals surface area contributed by atoms with Crippen molar-refractivity contribution in [3.05, 3.63) is 18.0 Å². The number of nitrogens with zero attached hydrogens (tertiary/aromatic N) is 2. The minimum Gasteiger partial charge on any atom is -0.383 e. The van der Waals surface area contributed by atoms with E-state index in [0.29, 0.717) is 24.7 Å². The standard InChI is InChI=1S/C11H18N4O2/c1-8(2)15-11-13-6-9(7-14-11)10(16)12-4-5-17-3/h6-8H,4-5H2,1-3H3,(H,12,16)(H,13,14,15). The summed E-state index contributed by atoms with van der Waals surface area (Å²) < 4.78 is 4.83. The van der Waals surface area contributed by atoms with Crippen molar-refractivity contribution in [1.82, 2.24) is 15.3 Å². The monoisotopic (exact) mass is 238 g/mol. The number of ether oxygens (including phenoxy) is 1. The van der Waals surface area contributed by atoms with E-state index in [1.54, 1.807) is 7.11 Å². The molecule has 2 N–H and O–H groups in total. The number of hydrogen-bond donors (Lipinski definition) is 2. The zero-order valence-electron chi connectivity index (χ0n) is 10.4. The first-order valence-corrected chi connectivity index (χ1v) is 5.49. The summed E-state index contributed by atoms with van der Waals surface area (Å²) >= 11 is 0. The van der Waals surface area contributed by atoms with E-state index in [9.17, 15) is 4.79 Å². The van der Waals surface area contributed by atoms with E-state index in [1.807, 2.05) is 13.8 Å². The van der Waals surface area contributed by atoms with Gasteiger partial charge in [0, 0.05) is 32.1 Å². The zero-order valence-corrected chi connectivity index (χ0v) is 10.4. The summed E-state index contributed by atoms with van der Waals surface area (Å²) in [6.07, 6.45) is 3.00. The van der Waals surface area contributed by atoms with Gasteiger partial charge in [-0.25, -0.2) is 9.97 Å². The van der Waals surface area contributed by atoms with Crippen LogP contribution in [0.15, 0.2) is 12.4 Å². The van der Waals surface area contributed by atoms with E-state index >= 15 is 0 Å². The van der Waals surface area contributed by atoms with Crippen molar-refractivity contribution in [2.24, 2.45) is 0 Å². The average molecular weight is 238 g/mol. The normalized spacial score (nSPS) is 10.4. The summed E-state index contributed by atoms with van der Waals surface area (Å²) in [5.41, 5.74) is 0.440. The first kappa shape index (κ1) is 13.4. The molecule has 1 aromatic heterocycles. The number of carbonyl (C=O) groups excluding carboxylic acids is 1. The predicted molar refractivity (Wildman–Crippen MR) is 65.0 cm³/mol. The van der Waals surface area contributed by atoms with Crippen molar-refractivity contribution in [3.8, 4) is 0 Å². The van der Waals surface area contributed by atoms with Crippen LogP contribution in [0.2, 0.25) is 0 Å². The van der Waals surface area contributed by atoms with E-state index in [-0.39, 0.29) is 11.9 Å². The van der Waals surface area contributed by atoms with E-state index in [4.69, 9.17) is 4.74 Å². The number of carbonyl (C=O) groups is 1. The van der Waals surface area contributed by atoms with Crippen molar-refractivity contribution >= 4 is 11.9 Å². The molecule has 94 valence electrons. The minimum absolute atomic E-state index is 0.196. The Labute approximate surface area is 101 Å². The first-order chi connectivity index (χ1) is 8.13. The number of hydrogen-bond acceptors (Lipinski definition) is 5. The molecule has 0 saturated carbocycles. The van der Waals surface area contributed by atoms with E-state index in [2.05, 4.69) is 20.6 Å². The maximum absolute atomic E-state index is 11.6. The molecule has 0 aromatic carbocycles. The van der Waals surface area contributed by atoms with Crippen LogP contribution in [-0.2, 0) is 4.74 Å². The Hall–Kier alpha value is -1.69. The molecule has 0 unspecified atom stereocenters. The summed E-state index contributed by atoms with van der Waals surface area (Å²) in [6, 6.07) is 0.261. The van der Waals surface area contributed by atoms with Crippen LogP contribution in [0.5, 0.6) is 0 Å². The smallest absolute Gasteiger partial charge is 0.254 e. The molecule has 0 radical (unpaired) electrons. The van der Waals surface area contributed by atoms with Crippen molar-refractivity contribution in [2.45, 2.75) is 19.9 Å². The Morgan fingerprint density at radius 3 is 2.59 bits per heavy atom. The van der Waals surface area contributed by atoms with E-state index < -0.39 is 0 Å². The lowest BCUT2D eigenvalue weighted by molar-refractivity contribution is 0.0936. The molecule has 0 spiro atoms. The molecule has 1 rings (SSSR count). The number of rotatable bonds is 6. The third kappa shape index (κ3) is 4.78. The Bertz CT molecular complexity index is 351. The van der Waals surface area contributed by atoms with Gasteiger partial charge in [-0.3, -0.25) is 4.79 Å². The molecule has 0 bridgehead atoms. The summed E-state index contributed by atoms with van der Waals surface area (Å²) in [7, 11) is 1.58. The lowest BCUT2D eigenvalue weighted by atomic mass is 10.3. The molecule has 0 aliphatic rings. The summed E-state index contributed by atoms with van der Waals surface area (Å²) in [6.45, 7) is 4.95. The minimum atomic E-state index is -0.196. The highest BCUT2D eigenvalue weighted by molar-refractivity contribution is 5.93. The van der Waals surface area contributed by atoms with Crippen molar-refractivity contribution < 1.29 is 9.53 Å². The molecule has 1 amide bonds. The zero-order chi connectivity index (χ0) is 12.7. The number of nitrogens with one attached hydrogen (secondary N) is 2. The third-order valence-electron chi connectivity index (χ3n) is 1.92. The van der Waals surface area contributed by atoms with Gasteiger partial charge < -0.3 is 15.4 Å². The molecular formula is C11H18N4O2. The van der Waals surface area contributed by atoms with Crippen molar-refractivity contribution in [2.75, 3.05) is 25.6 Å². The molecule has 6 heteroatoms. The van der Waals surface area contributed by atoms with Crippen LogP contribution < -0.4 is 10.6 Å². The van der Waals surface area contributed by atoms with Crippen LogP contribution in [-0.4, -0.2) is 42.2 Å². The molecule has 0 saturated heterocycles. The fourth-order valence-corrected chi connectivity index (χ4v) is 1.15. The van der Waals surface area contributed by atoms with Crippen LogP contribution in [0, 0.1) is 0 Å². The van der Waals surface area contributed by atoms with Crippen LogP contribution >= 0.6 is 0 Å². The third-order valence-corrected chi connectivity index (χ3v) is 1.92. The Balaban J connectivity index is 2.52. The SMILES string of the molecule is COCCNC(=O)c1cnc(NC(C)C)nc1. The van der Waals surface area contributed by atoms with Gasteiger partial charge in [0.2, 0.25) is 5.95 Å². The van der Waals surface area contributed by atoms with Gasteiger partial charge >= 0.3 is 0 Å². The molecule has 0 atom stereocenters. The molecular weight excluding hydrogens is 220 g/mol. The molecule has 6 nitrogen and oxygen atoms in total. The maximum Gasteiger partial charge on any atom is 0.254 e. The van der Waals surface area contributed by atoms with Crippen molar-refractivity contribution in [3.63, 3.8) is 0 Å². The molecule has 0 aliphatic heterocycles. The largest absolute Gasteiger partial charge is 0.383 e. The second-order valence-electron chi connectivity index (χ2n) is 3.84. The lowest BCUT2D eigenvalue weighted by Crippen LogP contribution is -2.27. The summed E-state index contributed by atoms with van der Waals surface area (Å²) in [5.74, 6) is 0.326. The highest BCUT2D eigenvalue weighted by atomic mass is 16.5. The lowest BCUT2D eigenvalue weighted by Gasteiger charge is -2.08. The number of amides is 1. The highest BCUT2D eigenvalue weighted by Crippen LogP contribution is 2.01. The topological polar surface area (TPSA) is 76.1 Å². The Morgan fingerprint density at radius 1 is 1.41 bits per heavy atom. The average Bonchev–Trinajstić information content (AvgIpc) is 2.29. The van der Waals surface area contributed by atoms with E-state index in [0.717, 1.165) is 0 Å². The van der Waals surface area contributed by atoms with E-state index in [1.165, 1.54) is 12.4 Å². The van der Waals surface area contributed by atoms with Gasteiger partial charge in [-0.15, -0.1) is 0 Å². The van der Waals surface area contributed by atoms with Crippen LogP contribution in [0.4, 0.5) is 5.95 Å². The van der Waals surface area contributed by atoms with Gasteiger partial charge in [-0.1, -0.05) is 0 Å². The van der Waals surface area contributed by atoms with Crippen LogP contribution in [0.25, 0.3) is 0 Å². The Kier molecular flexibility index (Phi) is 5.35. The number of methoxy groups -OCH3 is 1. The fraction of sp³-hybridized carbons (Fsp3) is 0.545. The first-order valence-electron chi connectivity index (χ1n) is 5.49. The van der Waals surface area contributed by atoms with Gasteiger partial charge in [-0.2, -0.15) is 0 Å². The van der Waals surface area contributed by atoms with Gasteiger partial charge in [0.1, 0.15) is 0 Å². The second-order valence-corrected chi connectivity index (χ2v) is 3.84. The van der Waals surface area contributed by atoms with Crippen LogP contribution in [0.1, 0.15) is 24.2 Å². The predicted octanol–water partition coefficient (Wildman–Crippen LogP) is 0.673. The number of anilines is 1. The summed E-state index contributed by atoms with van der Waals surface area (Å²) in [5, 5.41) is 5.75. The molecule has 1 aromatic rings. The summed E-state index contributed by atoms with van der Waals surface area (Å²) in [4.78, 5) is 19.7. The maximum atomic E-state index is 11.6. The van der Waals surface area contributed by atoms with Crippen molar-refractivity contribution in [1.29, 1.82) is 0 Å². The molecule has 0 aliphatic carbocycles. The molecule has 1 heterocycles. The van der Waals surface area contributed by atoms with Gasteiger partial charge in [-0.05, 0) is 13.8 Å². The van der Waals surface area contributed by atoms with Gasteiger partial charge in [0.25, 0.3) is 5.91 Å². The molecule has 0 fully saturated rings. The fourth-order valence-electron chi connectivity index (χ4n) is 1.15. The number of aromatic nitrogens is 2.